The summed E-state index contributed by atoms with van der Waals surface area (Å²) in [6.07, 6.45) is 0.138. The smallest absolute Gasteiger partial charge is 0.339 e. The Morgan fingerprint density at radius 2 is 1.67 bits per heavy atom. The lowest BCUT2D eigenvalue weighted by molar-refractivity contribution is -0.181. The molecule has 169 valence electrons. The quantitative estimate of drug-likeness (QED) is 0.439. The zero-order valence-corrected chi connectivity index (χ0v) is 20.6. The number of hydrogen-bond acceptors (Lipinski definition) is 6. The van der Waals surface area contributed by atoms with Gasteiger partial charge in [-0.3, -0.25) is 4.79 Å². The lowest BCUT2D eigenvalue weighted by Crippen LogP contribution is -2.51. The van der Waals surface area contributed by atoms with Crippen LogP contribution in [0.25, 0.3) is 0 Å². The zero-order valence-electron chi connectivity index (χ0n) is 19.6. The van der Waals surface area contributed by atoms with Gasteiger partial charge in [0.15, 0.2) is 5.60 Å². The molecule has 1 aromatic rings. The number of hydrogen-bond donors (Lipinski definition) is 1. The van der Waals surface area contributed by atoms with E-state index in [1.54, 1.807) is 20.8 Å². The topological polar surface area (TPSA) is 82.1 Å². The number of ether oxygens (including phenoxy) is 2. The highest BCUT2D eigenvalue weighted by Crippen LogP contribution is 2.34. The van der Waals surface area contributed by atoms with Crippen LogP contribution in [0, 0.1) is 5.92 Å². The maximum Gasteiger partial charge on any atom is 0.339 e. The minimum Gasteiger partial charge on any atom is -0.542 e. The van der Waals surface area contributed by atoms with Crippen LogP contribution >= 0.6 is 0 Å². The Balaban J connectivity index is 3.47. The molecule has 0 heterocycles. The number of benzene rings is 1. The molecule has 0 saturated heterocycles. The fourth-order valence-electron chi connectivity index (χ4n) is 3.20. The molecule has 6 nitrogen and oxygen atoms in total. The van der Waals surface area contributed by atoms with Crippen LogP contribution in [0.2, 0.25) is 13.1 Å². The SMILES string of the molecule is CCOC(=O)C(Cc1ccc(C(C)(C)C)cc1O[Si](C)C)C(O)(CC)C(=O)OCC. The molecule has 0 aliphatic rings. The van der Waals surface area contributed by atoms with Crippen molar-refractivity contribution in [2.75, 3.05) is 13.2 Å². The van der Waals surface area contributed by atoms with E-state index >= 15 is 0 Å². The van der Waals surface area contributed by atoms with Crippen LogP contribution in [0.5, 0.6) is 5.75 Å². The van der Waals surface area contributed by atoms with E-state index in [9.17, 15) is 14.7 Å². The molecule has 2 atom stereocenters. The summed E-state index contributed by atoms with van der Waals surface area (Å²) < 4.78 is 16.4. The Morgan fingerprint density at radius 3 is 2.13 bits per heavy atom. The molecule has 0 aliphatic heterocycles. The number of rotatable bonds is 10. The lowest BCUT2D eigenvalue weighted by atomic mass is 9.79. The Labute approximate surface area is 182 Å². The minimum atomic E-state index is -1.98. The molecular weight excluding hydrogens is 400 g/mol. The molecular formula is C23H37O6Si. The van der Waals surface area contributed by atoms with E-state index in [-0.39, 0.29) is 31.5 Å². The van der Waals surface area contributed by atoms with Crippen molar-refractivity contribution in [3.8, 4) is 5.75 Å². The van der Waals surface area contributed by atoms with Gasteiger partial charge in [0.2, 0.25) is 0 Å². The molecule has 0 aromatic heterocycles. The second-order valence-electron chi connectivity index (χ2n) is 8.59. The molecule has 1 radical (unpaired) electrons. The average molecular weight is 438 g/mol. The monoisotopic (exact) mass is 437 g/mol. The van der Waals surface area contributed by atoms with Gasteiger partial charge >= 0.3 is 11.9 Å². The van der Waals surface area contributed by atoms with E-state index in [1.807, 2.05) is 31.3 Å². The van der Waals surface area contributed by atoms with Gasteiger partial charge in [-0.05, 0) is 62.4 Å². The van der Waals surface area contributed by atoms with Crippen LogP contribution in [0.1, 0.15) is 59.1 Å². The van der Waals surface area contributed by atoms with E-state index in [0.29, 0.717) is 5.75 Å². The van der Waals surface area contributed by atoms with Crippen LogP contribution in [-0.4, -0.2) is 44.9 Å². The number of carbonyl (C=O) groups is 2. The average Bonchev–Trinajstić information content (AvgIpc) is 2.65. The van der Waals surface area contributed by atoms with Crippen molar-refractivity contribution in [3.05, 3.63) is 29.3 Å². The Kier molecular flexibility index (Phi) is 9.56. The van der Waals surface area contributed by atoms with Crippen molar-refractivity contribution < 1.29 is 28.6 Å². The van der Waals surface area contributed by atoms with Crippen LogP contribution in [0.15, 0.2) is 18.2 Å². The molecule has 1 N–H and O–H groups in total. The first-order chi connectivity index (χ1) is 13.9. The van der Waals surface area contributed by atoms with Gasteiger partial charge in [-0.25, -0.2) is 4.79 Å². The minimum absolute atomic E-state index is 0.0299. The van der Waals surface area contributed by atoms with Crippen molar-refractivity contribution in [3.63, 3.8) is 0 Å². The molecule has 0 spiro atoms. The molecule has 0 bridgehead atoms. The van der Waals surface area contributed by atoms with E-state index in [4.69, 9.17) is 13.9 Å². The third-order valence-corrected chi connectivity index (χ3v) is 5.61. The van der Waals surface area contributed by atoms with Crippen molar-refractivity contribution in [2.24, 2.45) is 5.92 Å². The summed E-state index contributed by atoms with van der Waals surface area (Å²) >= 11 is 0. The molecule has 0 fully saturated rings. The van der Waals surface area contributed by atoms with Gasteiger partial charge in [-0.2, -0.15) is 0 Å². The van der Waals surface area contributed by atoms with Crippen molar-refractivity contribution in [1.82, 2.24) is 0 Å². The van der Waals surface area contributed by atoms with Crippen molar-refractivity contribution >= 4 is 21.0 Å². The van der Waals surface area contributed by atoms with Gasteiger partial charge in [0.25, 0.3) is 9.04 Å². The maximum atomic E-state index is 12.8. The van der Waals surface area contributed by atoms with Gasteiger partial charge in [0.1, 0.15) is 11.7 Å². The predicted molar refractivity (Wildman–Crippen MR) is 119 cm³/mol. The van der Waals surface area contributed by atoms with Crippen LogP contribution in [0.3, 0.4) is 0 Å². The third-order valence-electron chi connectivity index (χ3n) is 4.99. The van der Waals surface area contributed by atoms with Crippen LogP contribution in [0.4, 0.5) is 0 Å². The van der Waals surface area contributed by atoms with Gasteiger partial charge in [0, 0.05) is 0 Å². The summed E-state index contributed by atoms with van der Waals surface area (Å²) in [5, 5.41) is 11.2. The molecule has 0 saturated carbocycles. The standard InChI is InChI=1S/C23H37O6Si/c1-9-23(26,21(25)28-11-3)18(20(24)27-10-2)14-16-12-13-17(22(4,5)6)15-19(16)29-30(7)8/h12-13,15,18,26H,9-11,14H2,1-8H3. The van der Waals surface area contributed by atoms with Gasteiger partial charge < -0.3 is 19.0 Å². The highest BCUT2D eigenvalue weighted by atomic mass is 28.3. The molecule has 1 rings (SSSR count). The third kappa shape index (κ3) is 6.57. The van der Waals surface area contributed by atoms with Crippen molar-refractivity contribution in [2.45, 2.75) is 78.5 Å². The van der Waals surface area contributed by atoms with Gasteiger partial charge in [-0.1, -0.05) is 39.8 Å². The summed E-state index contributed by atoms with van der Waals surface area (Å²) in [5.41, 5.74) is -0.188. The van der Waals surface area contributed by atoms with E-state index in [0.717, 1.165) is 11.1 Å². The number of esters is 2. The summed E-state index contributed by atoms with van der Waals surface area (Å²) in [4.78, 5) is 25.4. The first-order valence-corrected chi connectivity index (χ1v) is 13.0. The summed E-state index contributed by atoms with van der Waals surface area (Å²) in [5.74, 6) is -1.86. The fourth-order valence-corrected chi connectivity index (χ4v) is 3.83. The number of carbonyl (C=O) groups excluding carboxylic acids is 2. The zero-order chi connectivity index (χ0) is 23.1. The fraction of sp³-hybridized carbons (Fsp3) is 0.652. The first kappa shape index (κ1) is 26.2. The number of aliphatic hydroxyl groups is 1. The summed E-state index contributed by atoms with van der Waals surface area (Å²) in [6.45, 7) is 15.7. The Hall–Kier alpha value is -1.86. The molecule has 2 unspecified atom stereocenters. The van der Waals surface area contributed by atoms with Crippen LogP contribution < -0.4 is 4.43 Å². The molecule has 0 aliphatic carbocycles. The largest absolute Gasteiger partial charge is 0.542 e. The second-order valence-corrected chi connectivity index (χ2v) is 10.6. The lowest BCUT2D eigenvalue weighted by Gasteiger charge is -2.32. The second kappa shape index (κ2) is 11.0. The Morgan fingerprint density at radius 1 is 1.07 bits per heavy atom. The highest BCUT2D eigenvalue weighted by molar-refractivity contribution is 6.49. The van der Waals surface area contributed by atoms with Crippen LogP contribution in [-0.2, 0) is 30.9 Å². The molecule has 1 aromatic carbocycles. The van der Waals surface area contributed by atoms with Crippen molar-refractivity contribution in [1.29, 1.82) is 0 Å². The van der Waals surface area contributed by atoms with E-state index in [2.05, 4.69) is 20.8 Å². The van der Waals surface area contributed by atoms with Gasteiger partial charge in [0.05, 0.1) is 13.2 Å². The normalized spacial score (nSPS) is 14.7. The summed E-state index contributed by atoms with van der Waals surface area (Å²) in [6, 6.07) is 5.90. The predicted octanol–water partition coefficient (Wildman–Crippen LogP) is 4.04. The Bertz CT molecular complexity index is 725. The van der Waals surface area contributed by atoms with E-state index < -0.39 is 32.5 Å². The first-order valence-electron chi connectivity index (χ1n) is 10.6. The summed E-state index contributed by atoms with van der Waals surface area (Å²) in [7, 11) is -1.07. The van der Waals surface area contributed by atoms with E-state index in [1.165, 1.54) is 0 Å². The maximum absolute atomic E-state index is 12.8. The molecule has 30 heavy (non-hydrogen) atoms. The highest BCUT2D eigenvalue weighted by Gasteiger charge is 2.48. The molecule has 7 heteroatoms. The molecule has 0 amide bonds. The van der Waals surface area contributed by atoms with Gasteiger partial charge in [-0.15, -0.1) is 0 Å².